The van der Waals surface area contributed by atoms with Crippen molar-refractivity contribution in [3.63, 3.8) is 0 Å². The zero-order valence-corrected chi connectivity index (χ0v) is 12.2. The second-order valence-corrected chi connectivity index (χ2v) is 5.33. The topological polar surface area (TPSA) is 64.7 Å². The predicted molar refractivity (Wildman–Crippen MR) is 75.8 cm³/mol. The average Bonchev–Trinajstić information content (AvgIpc) is 3.04. The summed E-state index contributed by atoms with van der Waals surface area (Å²) in [5.74, 6) is 1.07. The molecule has 0 radical (unpaired) electrons. The smallest absolute Gasteiger partial charge is 0.243 e. The zero-order valence-electron chi connectivity index (χ0n) is 12.2. The van der Waals surface area contributed by atoms with Crippen LogP contribution < -0.4 is 5.32 Å². The van der Waals surface area contributed by atoms with E-state index in [4.69, 9.17) is 0 Å². The quantitative estimate of drug-likeness (QED) is 0.869. The van der Waals surface area contributed by atoms with Gasteiger partial charge in [-0.05, 0) is 24.5 Å². The van der Waals surface area contributed by atoms with Crippen LogP contribution in [0.3, 0.4) is 0 Å². The van der Waals surface area contributed by atoms with Crippen molar-refractivity contribution in [3.05, 3.63) is 36.7 Å². The Hall–Kier alpha value is -2.11. The van der Waals surface area contributed by atoms with Gasteiger partial charge in [-0.1, -0.05) is 13.8 Å². The van der Waals surface area contributed by atoms with Gasteiger partial charge >= 0.3 is 0 Å². The zero-order chi connectivity index (χ0) is 14.5. The molecule has 0 saturated carbocycles. The lowest BCUT2D eigenvalue weighted by molar-refractivity contribution is -0.125. The van der Waals surface area contributed by atoms with Gasteiger partial charge in [0.2, 0.25) is 5.91 Å². The number of nitrogens with zero attached hydrogens (tertiary/aromatic N) is 4. The summed E-state index contributed by atoms with van der Waals surface area (Å²) in [5.41, 5.74) is 0. The standard InChI is InChI=1S/C14H21N5O/c1-11(2)8-12(19-6-4-5-7-19)14(20)15-9-13-16-10-18(3)17-13/h4-7,10-12H,8-9H2,1-3H3,(H,15,20)/t12-/m0/s1. The molecule has 2 rings (SSSR count). The lowest BCUT2D eigenvalue weighted by Crippen LogP contribution is -2.33. The van der Waals surface area contributed by atoms with E-state index < -0.39 is 0 Å². The molecule has 1 N–H and O–H groups in total. The van der Waals surface area contributed by atoms with Gasteiger partial charge in [0.25, 0.3) is 0 Å². The molecule has 0 aliphatic rings. The van der Waals surface area contributed by atoms with Gasteiger partial charge < -0.3 is 9.88 Å². The molecule has 0 aliphatic heterocycles. The van der Waals surface area contributed by atoms with Crippen molar-refractivity contribution in [2.75, 3.05) is 0 Å². The summed E-state index contributed by atoms with van der Waals surface area (Å²) in [5, 5.41) is 7.06. The Morgan fingerprint density at radius 3 is 2.60 bits per heavy atom. The molecule has 0 aliphatic carbocycles. The summed E-state index contributed by atoms with van der Waals surface area (Å²) in [6, 6.07) is 3.68. The van der Waals surface area contributed by atoms with Gasteiger partial charge in [0.15, 0.2) is 5.82 Å². The minimum Gasteiger partial charge on any atom is -0.347 e. The molecule has 0 unspecified atom stereocenters. The Morgan fingerprint density at radius 1 is 1.35 bits per heavy atom. The van der Waals surface area contributed by atoms with Crippen LogP contribution >= 0.6 is 0 Å². The molecule has 0 spiro atoms. The van der Waals surface area contributed by atoms with Crippen LogP contribution in [0.4, 0.5) is 0 Å². The molecule has 0 fully saturated rings. The molecule has 2 heterocycles. The van der Waals surface area contributed by atoms with Crippen LogP contribution in [0.5, 0.6) is 0 Å². The lowest BCUT2D eigenvalue weighted by atomic mass is 10.0. The Labute approximate surface area is 118 Å². The van der Waals surface area contributed by atoms with Crippen LogP contribution in [0, 0.1) is 5.92 Å². The number of aromatic nitrogens is 4. The summed E-state index contributed by atoms with van der Waals surface area (Å²) in [6.45, 7) is 4.59. The molecule has 6 heteroatoms. The third-order valence-corrected chi connectivity index (χ3v) is 3.05. The van der Waals surface area contributed by atoms with Crippen LogP contribution in [0.25, 0.3) is 0 Å². The van der Waals surface area contributed by atoms with Crippen molar-refractivity contribution in [1.29, 1.82) is 0 Å². The van der Waals surface area contributed by atoms with Crippen LogP contribution in [0.1, 0.15) is 32.1 Å². The molecule has 6 nitrogen and oxygen atoms in total. The largest absolute Gasteiger partial charge is 0.347 e. The van der Waals surface area contributed by atoms with Crippen molar-refractivity contribution < 1.29 is 4.79 Å². The van der Waals surface area contributed by atoms with E-state index in [1.165, 1.54) is 0 Å². The predicted octanol–water partition coefficient (Wildman–Crippen LogP) is 1.52. The van der Waals surface area contributed by atoms with E-state index in [-0.39, 0.29) is 11.9 Å². The van der Waals surface area contributed by atoms with Gasteiger partial charge in [0.1, 0.15) is 12.4 Å². The van der Waals surface area contributed by atoms with E-state index in [0.29, 0.717) is 18.3 Å². The minimum absolute atomic E-state index is 0.00218. The van der Waals surface area contributed by atoms with Crippen molar-refractivity contribution in [3.8, 4) is 0 Å². The fourth-order valence-electron chi connectivity index (χ4n) is 2.12. The van der Waals surface area contributed by atoms with Crippen molar-refractivity contribution in [1.82, 2.24) is 24.6 Å². The van der Waals surface area contributed by atoms with E-state index in [9.17, 15) is 4.79 Å². The fourth-order valence-corrected chi connectivity index (χ4v) is 2.12. The highest BCUT2D eigenvalue weighted by Crippen LogP contribution is 2.18. The lowest BCUT2D eigenvalue weighted by Gasteiger charge is -2.20. The molecular formula is C14H21N5O. The first kappa shape index (κ1) is 14.3. The van der Waals surface area contributed by atoms with Gasteiger partial charge in [0.05, 0.1) is 6.54 Å². The summed E-state index contributed by atoms with van der Waals surface area (Å²) in [6.07, 6.45) is 6.27. The second kappa shape index (κ2) is 6.36. The molecule has 2 aromatic heterocycles. The number of carbonyl (C=O) groups is 1. The number of nitrogens with one attached hydrogen (secondary N) is 1. The number of hydrogen-bond acceptors (Lipinski definition) is 3. The number of hydrogen-bond donors (Lipinski definition) is 1. The van der Waals surface area contributed by atoms with Crippen LogP contribution in [0.2, 0.25) is 0 Å². The van der Waals surface area contributed by atoms with Gasteiger partial charge in [-0.25, -0.2) is 4.98 Å². The molecular weight excluding hydrogens is 254 g/mol. The van der Waals surface area contributed by atoms with E-state index >= 15 is 0 Å². The third kappa shape index (κ3) is 3.69. The van der Waals surface area contributed by atoms with Gasteiger partial charge in [-0.3, -0.25) is 9.48 Å². The maximum atomic E-state index is 12.4. The van der Waals surface area contributed by atoms with Gasteiger partial charge in [-0.15, -0.1) is 0 Å². The van der Waals surface area contributed by atoms with Crippen LogP contribution in [-0.2, 0) is 18.4 Å². The molecule has 20 heavy (non-hydrogen) atoms. The van der Waals surface area contributed by atoms with E-state index in [1.54, 1.807) is 18.1 Å². The highest BCUT2D eigenvalue weighted by Gasteiger charge is 2.20. The SMILES string of the molecule is CC(C)C[C@@H](C(=O)NCc1ncn(C)n1)n1cccc1. The first-order valence-electron chi connectivity index (χ1n) is 6.81. The molecule has 2 aromatic rings. The van der Waals surface area contributed by atoms with Gasteiger partial charge in [-0.2, -0.15) is 5.10 Å². The Bertz CT molecular complexity index is 544. The normalized spacial score (nSPS) is 12.6. The van der Waals surface area contributed by atoms with Crippen LogP contribution in [-0.4, -0.2) is 25.2 Å². The molecule has 0 aromatic carbocycles. The highest BCUT2D eigenvalue weighted by atomic mass is 16.2. The molecule has 1 atom stereocenters. The Balaban J connectivity index is 1.99. The molecule has 0 bridgehead atoms. The summed E-state index contributed by atoms with van der Waals surface area (Å²) in [7, 11) is 1.81. The maximum absolute atomic E-state index is 12.4. The number of rotatable bonds is 6. The summed E-state index contributed by atoms with van der Waals surface area (Å²) in [4.78, 5) is 16.5. The van der Waals surface area contributed by atoms with Crippen molar-refractivity contribution in [2.24, 2.45) is 13.0 Å². The second-order valence-electron chi connectivity index (χ2n) is 5.33. The number of amides is 1. The first-order valence-corrected chi connectivity index (χ1v) is 6.81. The Morgan fingerprint density at radius 2 is 2.05 bits per heavy atom. The number of carbonyl (C=O) groups excluding carboxylic acids is 1. The minimum atomic E-state index is -0.186. The van der Waals surface area contributed by atoms with E-state index in [0.717, 1.165) is 6.42 Å². The summed E-state index contributed by atoms with van der Waals surface area (Å²) >= 11 is 0. The fraction of sp³-hybridized carbons (Fsp3) is 0.500. The molecule has 0 saturated heterocycles. The van der Waals surface area contributed by atoms with E-state index in [1.807, 2.05) is 29.1 Å². The van der Waals surface area contributed by atoms with Crippen molar-refractivity contribution >= 4 is 5.91 Å². The first-order chi connectivity index (χ1) is 9.56. The average molecular weight is 275 g/mol. The summed E-state index contributed by atoms with van der Waals surface area (Å²) < 4.78 is 3.57. The highest BCUT2D eigenvalue weighted by molar-refractivity contribution is 5.80. The van der Waals surface area contributed by atoms with Crippen molar-refractivity contribution in [2.45, 2.75) is 32.9 Å². The number of aryl methyl sites for hydroxylation is 1. The Kier molecular flexibility index (Phi) is 4.55. The van der Waals surface area contributed by atoms with Gasteiger partial charge in [0, 0.05) is 19.4 Å². The van der Waals surface area contributed by atoms with Crippen LogP contribution in [0.15, 0.2) is 30.9 Å². The third-order valence-electron chi connectivity index (χ3n) is 3.05. The maximum Gasteiger partial charge on any atom is 0.243 e. The molecule has 1 amide bonds. The molecule has 108 valence electrons. The van der Waals surface area contributed by atoms with E-state index in [2.05, 4.69) is 29.2 Å². The monoisotopic (exact) mass is 275 g/mol.